The second kappa shape index (κ2) is 10.3. The molecule has 164 valence electrons. The number of nitrogens with zero attached hydrogens (tertiary/aromatic N) is 4. The lowest BCUT2D eigenvalue weighted by atomic mass is 10.0. The summed E-state index contributed by atoms with van der Waals surface area (Å²) in [6.07, 6.45) is 2.97. The molecule has 0 spiro atoms. The predicted octanol–water partition coefficient (Wildman–Crippen LogP) is 0.390. The first kappa shape index (κ1) is 21.2. The number of carboxylic acid groups (broad SMARTS) is 1. The van der Waals surface area contributed by atoms with Gasteiger partial charge >= 0.3 is 5.97 Å². The van der Waals surface area contributed by atoms with Crippen LogP contribution >= 0.6 is 0 Å². The number of benzene rings is 1. The second-order valence-electron chi connectivity index (χ2n) is 8.09. The first-order chi connectivity index (χ1) is 14.7. The Hall–Kier alpha value is -2.04. The van der Waals surface area contributed by atoms with Gasteiger partial charge in [-0.1, -0.05) is 24.3 Å². The zero-order valence-electron chi connectivity index (χ0n) is 17.3. The Bertz CT molecular complexity index is 715. The van der Waals surface area contributed by atoms with Crippen LogP contribution in [0.1, 0.15) is 23.6 Å². The minimum absolute atomic E-state index is 0.130. The van der Waals surface area contributed by atoms with Crippen molar-refractivity contribution >= 4 is 12.2 Å². The molecule has 0 radical (unpaired) electrons. The lowest BCUT2D eigenvalue weighted by Gasteiger charge is -2.34. The Kier molecular flexibility index (Phi) is 7.29. The number of ether oxygens (including phenoxy) is 1. The lowest BCUT2D eigenvalue weighted by molar-refractivity contribution is -0.138. The molecule has 9 nitrogen and oxygen atoms in total. The molecule has 2 atom stereocenters. The van der Waals surface area contributed by atoms with Crippen molar-refractivity contribution in [1.29, 1.82) is 0 Å². The number of nitrogens with one attached hydrogen (secondary N) is 1. The number of carboxylic acids is 1. The summed E-state index contributed by atoms with van der Waals surface area (Å²) in [7, 11) is 0. The number of hydrogen-bond acceptors (Lipinski definition) is 8. The van der Waals surface area contributed by atoms with E-state index in [-0.39, 0.29) is 18.7 Å². The molecule has 3 aliphatic heterocycles. The van der Waals surface area contributed by atoms with E-state index in [1.54, 1.807) is 0 Å². The topological polar surface area (TPSA) is 89.9 Å². The molecule has 0 amide bonds. The van der Waals surface area contributed by atoms with Gasteiger partial charge in [0.25, 0.3) is 0 Å². The number of piperazine rings is 1. The number of carbonyl (C=O) groups is 1. The molecule has 0 bridgehead atoms. The van der Waals surface area contributed by atoms with Gasteiger partial charge in [0.15, 0.2) is 0 Å². The van der Waals surface area contributed by atoms with Gasteiger partial charge in [0.2, 0.25) is 0 Å². The first-order valence-electron chi connectivity index (χ1n) is 10.7. The van der Waals surface area contributed by atoms with Crippen LogP contribution in [0.4, 0.5) is 0 Å². The summed E-state index contributed by atoms with van der Waals surface area (Å²) in [5.74, 6) is -0.756. The maximum atomic E-state index is 10.8. The molecule has 0 saturated carbocycles. The molecular formula is C21H31N5O4. The van der Waals surface area contributed by atoms with Gasteiger partial charge < -0.3 is 9.84 Å². The van der Waals surface area contributed by atoms with E-state index in [1.165, 1.54) is 5.56 Å². The fourth-order valence-corrected chi connectivity index (χ4v) is 4.09. The normalized spacial score (nSPS) is 26.5. The van der Waals surface area contributed by atoms with Crippen LogP contribution in [0.2, 0.25) is 0 Å². The zero-order valence-corrected chi connectivity index (χ0v) is 17.3. The molecular weight excluding hydrogens is 386 g/mol. The minimum atomic E-state index is -0.756. The van der Waals surface area contributed by atoms with Gasteiger partial charge in [0.1, 0.15) is 0 Å². The van der Waals surface area contributed by atoms with E-state index in [4.69, 9.17) is 14.7 Å². The van der Waals surface area contributed by atoms with E-state index >= 15 is 0 Å². The number of hydrazone groups is 1. The molecule has 0 aliphatic carbocycles. The smallest absolute Gasteiger partial charge is 0.317 e. The van der Waals surface area contributed by atoms with E-state index in [2.05, 4.69) is 39.7 Å². The Labute approximate surface area is 177 Å². The Morgan fingerprint density at radius 3 is 2.50 bits per heavy atom. The van der Waals surface area contributed by atoms with Gasteiger partial charge in [-0.05, 0) is 17.5 Å². The summed E-state index contributed by atoms with van der Waals surface area (Å²) in [5, 5.41) is 15.5. The average Bonchev–Trinajstić information content (AvgIpc) is 3.23. The van der Waals surface area contributed by atoms with Crippen molar-refractivity contribution in [1.82, 2.24) is 20.3 Å². The van der Waals surface area contributed by atoms with Gasteiger partial charge in [-0.2, -0.15) is 10.6 Å². The standard InChI is InChI=1S/C21H31N5O4/c27-21(28)16-25-7-5-24(6-8-25)15-19-13-20(23-30-19)18-3-1-17(2-4-18)14-22-26-9-11-29-12-10-26/h1-4,14,19-20,23H,5-13,15-16H2,(H,27,28)/t19-,20?/m0/s1. The number of hydroxylamine groups is 1. The van der Waals surface area contributed by atoms with Gasteiger partial charge in [0, 0.05) is 32.7 Å². The van der Waals surface area contributed by atoms with Crippen LogP contribution in [0.3, 0.4) is 0 Å². The summed E-state index contributed by atoms with van der Waals surface area (Å²) >= 11 is 0. The molecule has 1 aromatic carbocycles. The number of aliphatic carboxylic acids is 1. The summed E-state index contributed by atoms with van der Waals surface area (Å²) in [5.41, 5.74) is 5.48. The van der Waals surface area contributed by atoms with Gasteiger partial charge in [-0.15, -0.1) is 0 Å². The van der Waals surface area contributed by atoms with Crippen molar-refractivity contribution in [3.63, 3.8) is 0 Å². The average molecular weight is 418 g/mol. The van der Waals surface area contributed by atoms with Crippen LogP contribution in [0, 0.1) is 0 Å². The van der Waals surface area contributed by atoms with E-state index < -0.39 is 5.97 Å². The highest BCUT2D eigenvalue weighted by molar-refractivity contribution is 5.79. The lowest BCUT2D eigenvalue weighted by Crippen LogP contribution is -2.49. The van der Waals surface area contributed by atoms with Crippen molar-refractivity contribution in [3.05, 3.63) is 35.4 Å². The number of morpholine rings is 1. The zero-order chi connectivity index (χ0) is 20.8. The van der Waals surface area contributed by atoms with Crippen LogP contribution < -0.4 is 5.48 Å². The Balaban J connectivity index is 1.21. The molecule has 2 N–H and O–H groups in total. The highest BCUT2D eigenvalue weighted by Gasteiger charge is 2.29. The molecule has 3 heterocycles. The maximum absolute atomic E-state index is 10.8. The van der Waals surface area contributed by atoms with Crippen LogP contribution in [-0.4, -0.2) is 104 Å². The third kappa shape index (κ3) is 5.99. The van der Waals surface area contributed by atoms with Crippen molar-refractivity contribution in [3.8, 4) is 0 Å². The van der Waals surface area contributed by atoms with Gasteiger partial charge in [0.05, 0.1) is 51.2 Å². The molecule has 9 heteroatoms. The summed E-state index contributed by atoms with van der Waals surface area (Å²) in [4.78, 5) is 21.0. The molecule has 3 aliphatic rings. The summed E-state index contributed by atoms with van der Waals surface area (Å²) < 4.78 is 5.34. The summed E-state index contributed by atoms with van der Waals surface area (Å²) in [6, 6.07) is 8.64. The molecule has 0 aromatic heterocycles. The summed E-state index contributed by atoms with van der Waals surface area (Å²) in [6.45, 7) is 7.52. The molecule has 3 fully saturated rings. The highest BCUT2D eigenvalue weighted by Crippen LogP contribution is 2.26. The van der Waals surface area contributed by atoms with Crippen LogP contribution in [0.25, 0.3) is 0 Å². The van der Waals surface area contributed by atoms with Crippen LogP contribution in [0.15, 0.2) is 29.4 Å². The van der Waals surface area contributed by atoms with Crippen LogP contribution in [-0.2, 0) is 14.4 Å². The van der Waals surface area contributed by atoms with Crippen molar-refractivity contribution in [2.24, 2.45) is 5.10 Å². The first-order valence-corrected chi connectivity index (χ1v) is 10.7. The van der Waals surface area contributed by atoms with E-state index in [0.717, 1.165) is 71.0 Å². The molecule has 1 aromatic rings. The quantitative estimate of drug-likeness (QED) is 0.616. The monoisotopic (exact) mass is 417 g/mol. The number of rotatable bonds is 7. The number of hydrogen-bond donors (Lipinski definition) is 2. The maximum Gasteiger partial charge on any atom is 0.317 e. The largest absolute Gasteiger partial charge is 0.480 e. The molecule has 4 rings (SSSR count). The van der Waals surface area contributed by atoms with Gasteiger partial charge in [-0.25, -0.2) is 0 Å². The fourth-order valence-electron chi connectivity index (χ4n) is 4.09. The SMILES string of the molecule is O=C(O)CN1CCN(C[C@@H]2CC(c3ccc(C=NN4CCOCC4)cc3)NO2)CC1. The Morgan fingerprint density at radius 2 is 1.80 bits per heavy atom. The minimum Gasteiger partial charge on any atom is -0.480 e. The third-order valence-electron chi connectivity index (χ3n) is 5.86. The molecule has 3 saturated heterocycles. The van der Waals surface area contributed by atoms with E-state index in [1.807, 2.05) is 16.1 Å². The van der Waals surface area contributed by atoms with E-state index in [0.29, 0.717) is 0 Å². The second-order valence-corrected chi connectivity index (χ2v) is 8.09. The van der Waals surface area contributed by atoms with Crippen molar-refractivity contribution in [2.75, 3.05) is 65.6 Å². The van der Waals surface area contributed by atoms with Crippen LogP contribution in [0.5, 0.6) is 0 Å². The van der Waals surface area contributed by atoms with Crippen molar-refractivity contribution in [2.45, 2.75) is 18.6 Å². The van der Waals surface area contributed by atoms with Crippen molar-refractivity contribution < 1.29 is 19.5 Å². The fraction of sp³-hybridized carbons (Fsp3) is 0.619. The Morgan fingerprint density at radius 1 is 1.10 bits per heavy atom. The highest BCUT2D eigenvalue weighted by atomic mass is 16.7. The molecule has 30 heavy (non-hydrogen) atoms. The van der Waals surface area contributed by atoms with E-state index in [9.17, 15) is 4.79 Å². The predicted molar refractivity (Wildman–Crippen MR) is 112 cm³/mol. The third-order valence-corrected chi connectivity index (χ3v) is 5.86. The van der Waals surface area contributed by atoms with Gasteiger partial charge in [-0.3, -0.25) is 24.4 Å². The molecule has 1 unspecified atom stereocenters.